The number of hydrogen-bond donors (Lipinski definition) is 4. The lowest BCUT2D eigenvalue weighted by Crippen LogP contribution is -2.24. The van der Waals surface area contributed by atoms with Crippen LogP contribution >= 0.6 is 0 Å². The average molecular weight is 390 g/mol. The molecule has 0 radical (unpaired) electrons. The van der Waals surface area contributed by atoms with Crippen molar-refractivity contribution in [2.24, 2.45) is 0 Å². The Balaban J connectivity index is 1.89. The van der Waals surface area contributed by atoms with Gasteiger partial charge in [-0.1, -0.05) is 66.8 Å². The van der Waals surface area contributed by atoms with E-state index in [1.54, 1.807) is 0 Å². The number of nitrogens with one attached hydrogen (secondary N) is 3. The van der Waals surface area contributed by atoms with Crippen molar-refractivity contribution in [2.75, 3.05) is 27.2 Å². The van der Waals surface area contributed by atoms with Gasteiger partial charge in [0.05, 0.1) is 0 Å². The monoisotopic (exact) mass is 389 g/mol. The Morgan fingerprint density at radius 2 is 1.90 bits per heavy atom. The minimum atomic E-state index is -0.624. The number of allylic oxidation sites excluding steroid dienone is 3. The molecule has 3 rings (SSSR count). The summed E-state index contributed by atoms with van der Waals surface area (Å²) >= 11 is 0. The minimum Gasteiger partial charge on any atom is -0.393 e. The first kappa shape index (κ1) is 21.1. The van der Waals surface area contributed by atoms with E-state index in [2.05, 4.69) is 52.4 Å². The Morgan fingerprint density at radius 3 is 2.66 bits per heavy atom. The second-order valence-corrected chi connectivity index (χ2v) is 7.18. The largest absolute Gasteiger partial charge is 0.393 e. The summed E-state index contributed by atoms with van der Waals surface area (Å²) < 4.78 is 0. The third kappa shape index (κ3) is 5.45. The molecule has 2 aromatic rings. The van der Waals surface area contributed by atoms with Crippen LogP contribution in [0.25, 0.3) is 11.6 Å². The van der Waals surface area contributed by atoms with E-state index in [-0.39, 0.29) is 0 Å². The van der Waals surface area contributed by atoms with Gasteiger partial charge >= 0.3 is 0 Å². The summed E-state index contributed by atoms with van der Waals surface area (Å²) in [6.07, 6.45) is 8.48. The van der Waals surface area contributed by atoms with Crippen LogP contribution in [0.4, 0.5) is 0 Å². The predicted molar refractivity (Wildman–Crippen MR) is 122 cm³/mol. The number of rotatable bonds is 8. The molecule has 1 atom stereocenters. The van der Waals surface area contributed by atoms with Crippen LogP contribution in [-0.4, -0.2) is 32.3 Å². The van der Waals surface area contributed by atoms with Crippen LogP contribution in [0.5, 0.6) is 0 Å². The molecule has 1 aliphatic carbocycles. The van der Waals surface area contributed by atoms with E-state index in [1.165, 1.54) is 5.56 Å². The van der Waals surface area contributed by atoms with E-state index in [9.17, 15) is 5.11 Å². The smallest absolute Gasteiger partial charge is 0.101 e. The Hall–Kier alpha value is -2.66. The third-order valence-electron chi connectivity index (χ3n) is 5.13. The van der Waals surface area contributed by atoms with E-state index < -0.39 is 6.10 Å². The molecule has 0 aromatic heterocycles. The molecule has 29 heavy (non-hydrogen) atoms. The number of benzene rings is 2. The summed E-state index contributed by atoms with van der Waals surface area (Å²) in [5.41, 5.74) is 6.48. The molecule has 0 amide bonds. The molecule has 4 heteroatoms. The molecule has 0 fully saturated rings. The predicted octanol–water partition coefficient (Wildman–Crippen LogP) is 3.63. The summed E-state index contributed by atoms with van der Waals surface area (Å²) in [6.45, 7) is 2.63. The summed E-state index contributed by atoms with van der Waals surface area (Å²) in [4.78, 5) is 0. The average Bonchev–Trinajstić information content (AvgIpc) is 2.91. The van der Waals surface area contributed by atoms with E-state index in [1.807, 2.05) is 50.6 Å². The maximum absolute atomic E-state index is 11.2. The highest BCUT2D eigenvalue weighted by atomic mass is 16.3. The zero-order valence-corrected chi connectivity index (χ0v) is 17.3. The standard InChI is InChI=1S/C25H31N3O/c1-26-14-15-28-18-21-11-7-13-24-23(21)12-6-10-20(25(24)29)16-22(17-27-2)19-8-4-3-5-9-19/h3-9,11-13,16-17,25-29H,10,14-15,18H2,1-2H3/b20-16+,22-17+. The van der Waals surface area contributed by atoms with Crippen LogP contribution in [0.2, 0.25) is 0 Å². The number of hydrogen-bond acceptors (Lipinski definition) is 4. The van der Waals surface area contributed by atoms with Crippen molar-refractivity contribution in [3.05, 3.63) is 94.7 Å². The molecule has 2 aromatic carbocycles. The molecular weight excluding hydrogens is 358 g/mol. The van der Waals surface area contributed by atoms with Crippen LogP contribution in [0, 0.1) is 0 Å². The lowest BCUT2D eigenvalue weighted by Gasteiger charge is -2.18. The Labute approximate surface area is 174 Å². The van der Waals surface area contributed by atoms with Gasteiger partial charge in [-0.15, -0.1) is 0 Å². The summed E-state index contributed by atoms with van der Waals surface area (Å²) in [5, 5.41) is 20.9. The fourth-order valence-corrected chi connectivity index (χ4v) is 3.62. The lowest BCUT2D eigenvalue weighted by atomic mass is 9.93. The molecule has 0 saturated carbocycles. The van der Waals surface area contributed by atoms with Crippen LogP contribution in [0.1, 0.15) is 34.8 Å². The van der Waals surface area contributed by atoms with Gasteiger partial charge in [-0.2, -0.15) is 0 Å². The molecule has 0 bridgehead atoms. The molecule has 0 aliphatic heterocycles. The van der Waals surface area contributed by atoms with Gasteiger partial charge in [-0.05, 0) is 46.9 Å². The van der Waals surface area contributed by atoms with Gasteiger partial charge < -0.3 is 21.1 Å². The van der Waals surface area contributed by atoms with Gasteiger partial charge in [0.1, 0.15) is 6.10 Å². The SMILES string of the molecule is CN/C=C(\C=C1/CC=Cc2c(CNCCNC)cccc2C1O)c1ccccc1. The topological polar surface area (TPSA) is 56.3 Å². The van der Waals surface area contributed by atoms with Gasteiger partial charge in [-0.25, -0.2) is 0 Å². The minimum absolute atomic E-state index is 0.624. The first-order valence-electron chi connectivity index (χ1n) is 10.2. The second kappa shape index (κ2) is 10.8. The maximum Gasteiger partial charge on any atom is 0.101 e. The molecular formula is C25H31N3O. The van der Waals surface area contributed by atoms with Crippen molar-refractivity contribution in [2.45, 2.75) is 19.1 Å². The van der Waals surface area contributed by atoms with Crippen LogP contribution in [0.15, 0.2) is 72.5 Å². The van der Waals surface area contributed by atoms with Gasteiger partial charge in [-0.3, -0.25) is 0 Å². The number of aliphatic hydroxyl groups excluding tert-OH is 1. The third-order valence-corrected chi connectivity index (χ3v) is 5.13. The fraction of sp³-hybridized carbons (Fsp3) is 0.280. The first-order valence-corrected chi connectivity index (χ1v) is 10.2. The molecule has 1 aliphatic rings. The molecule has 4 nitrogen and oxygen atoms in total. The molecule has 1 unspecified atom stereocenters. The summed E-state index contributed by atoms with van der Waals surface area (Å²) in [6, 6.07) is 16.4. The molecule has 4 N–H and O–H groups in total. The van der Waals surface area contributed by atoms with E-state index >= 15 is 0 Å². The molecule has 0 saturated heterocycles. The Morgan fingerprint density at radius 1 is 1.07 bits per heavy atom. The zero-order chi connectivity index (χ0) is 20.5. The highest BCUT2D eigenvalue weighted by molar-refractivity contribution is 5.75. The Bertz CT molecular complexity index is 884. The molecule has 152 valence electrons. The van der Waals surface area contributed by atoms with Gasteiger partial charge in [0.25, 0.3) is 0 Å². The highest BCUT2D eigenvalue weighted by Crippen LogP contribution is 2.34. The van der Waals surface area contributed by atoms with Crippen LogP contribution in [-0.2, 0) is 6.54 Å². The quantitative estimate of drug-likeness (QED) is 0.521. The van der Waals surface area contributed by atoms with Gasteiger partial charge in [0, 0.05) is 32.9 Å². The first-order chi connectivity index (χ1) is 14.2. The lowest BCUT2D eigenvalue weighted by molar-refractivity contribution is 0.213. The van der Waals surface area contributed by atoms with E-state index in [0.717, 1.165) is 53.9 Å². The van der Waals surface area contributed by atoms with E-state index in [0.29, 0.717) is 0 Å². The van der Waals surface area contributed by atoms with Gasteiger partial charge in [0.2, 0.25) is 0 Å². The molecule has 0 spiro atoms. The fourth-order valence-electron chi connectivity index (χ4n) is 3.62. The van der Waals surface area contributed by atoms with Crippen LogP contribution in [0.3, 0.4) is 0 Å². The number of fused-ring (bicyclic) bond motifs is 1. The highest BCUT2D eigenvalue weighted by Gasteiger charge is 2.20. The van der Waals surface area contributed by atoms with Gasteiger partial charge in [0.15, 0.2) is 0 Å². The van der Waals surface area contributed by atoms with Crippen molar-refractivity contribution >= 4 is 11.6 Å². The van der Waals surface area contributed by atoms with Crippen molar-refractivity contribution in [3.63, 3.8) is 0 Å². The zero-order valence-electron chi connectivity index (χ0n) is 17.3. The maximum atomic E-state index is 11.2. The van der Waals surface area contributed by atoms with Crippen molar-refractivity contribution in [1.29, 1.82) is 0 Å². The number of aliphatic hydroxyl groups is 1. The summed E-state index contributed by atoms with van der Waals surface area (Å²) in [5.74, 6) is 0. The van der Waals surface area contributed by atoms with Crippen molar-refractivity contribution in [3.8, 4) is 0 Å². The van der Waals surface area contributed by atoms with E-state index in [4.69, 9.17) is 0 Å². The molecule has 0 heterocycles. The van der Waals surface area contributed by atoms with Crippen molar-refractivity contribution in [1.82, 2.24) is 16.0 Å². The normalized spacial score (nSPS) is 17.8. The Kier molecular flexibility index (Phi) is 7.82. The van der Waals surface area contributed by atoms with Crippen molar-refractivity contribution < 1.29 is 5.11 Å². The van der Waals surface area contributed by atoms with Crippen LogP contribution < -0.4 is 16.0 Å². The summed E-state index contributed by atoms with van der Waals surface area (Å²) in [7, 11) is 3.85. The second-order valence-electron chi connectivity index (χ2n) is 7.18. The number of likely N-dealkylation sites (N-methyl/N-ethyl adjacent to an activating group) is 1.